The average molecular weight is 234 g/mol. The SMILES string of the molecule is CNC(=O)c1ccc(N2CCNCC2)c(C)n1. The van der Waals surface area contributed by atoms with Gasteiger partial charge in [-0.2, -0.15) is 0 Å². The number of anilines is 1. The number of nitrogens with zero attached hydrogens (tertiary/aromatic N) is 2. The van der Waals surface area contributed by atoms with Gasteiger partial charge in [0, 0.05) is 33.2 Å². The minimum Gasteiger partial charge on any atom is -0.368 e. The highest BCUT2D eigenvalue weighted by atomic mass is 16.1. The molecular formula is C12H18N4O. The monoisotopic (exact) mass is 234 g/mol. The second-order valence-electron chi connectivity index (χ2n) is 4.12. The Morgan fingerprint density at radius 2 is 2.12 bits per heavy atom. The van der Waals surface area contributed by atoms with Crippen LogP contribution in [-0.2, 0) is 0 Å². The van der Waals surface area contributed by atoms with Crippen molar-refractivity contribution in [1.29, 1.82) is 0 Å². The Kier molecular flexibility index (Phi) is 3.58. The van der Waals surface area contributed by atoms with Gasteiger partial charge in [0.15, 0.2) is 0 Å². The molecule has 1 amide bonds. The van der Waals surface area contributed by atoms with Crippen LogP contribution >= 0.6 is 0 Å². The van der Waals surface area contributed by atoms with Crippen LogP contribution in [0, 0.1) is 6.92 Å². The van der Waals surface area contributed by atoms with E-state index in [1.54, 1.807) is 13.1 Å². The van der Waals surface area contributed by atoms with E-state index in [0.29, 0.717) is 5.69 Å². The summed E-state index contributed by atoms with van der Waals surface area (Å²) < 4.78 is 0. The molecule has 5 heteroatoms. The third-order valence-corrected chi connectivity index (χ3v) is 2.98. The van der Waals surface area contributed by atoms with Crippen molar-refractivity contribution in [3.8, 4) is 0 Å². The number of rotatable bonds is 2. The van der Waals surface area contributed by atoms with Crippen LogP contribution < -0.4 is 15.5 Å². The molecule has 0 aromatic carbocycles. The number of carbonyl (C=O) groups excluding carboxylic acids is 1. The summed E-state index contributed by atoms with van der Waals surface area (Å²) in [4.78, 5) is 18.1. The van der Waals surface area contributed by atoms with Gasteiger partial charge in [0.05, 0.1) is 11.4 Å². The standard InChI is InChI=1S/C12H18N4O/c1-9-11(16-7-5-14-6-8-16)4-3-10(15-9)12(17)13-2/h3-4,14H,5-8H2,1-2H3,(H,13,17). The van der Waals surface area contributed by atoms with E-state index < -0.39 is 0 Å². The average Bonchev–Trinajstić information content (AvgIpc) is 2.38. The Morgan fingerprint density at radius 1 is 1.41 bits per heavy atom. The first kappa shape index (κ1) is 11.9. The Balaban J connectivity index is 2.21. The summed E-state index contributed by atoms with van der Waals surface area (Å²) in [7, 11) is 1.61. The van der Waals surface area contributed by atoms with Crippen molar-refractivity contribution in [1.82, 2.24) is 15.6 Å². The van der Waals surface area contributed by atoms with Crippen molar-refractivity contribution in [2.45, 2.75) is 6.92 Å². The first-order valence-electron chi connectivity index (χ1n) is 5.88. The molecule has 0 radical (unpaired) electrons. The molecule has 1 fully saturated rings. The summed E-state index contributed by atoms with van der Waals surface area (Å²) in [6.45, 7) is 5.92. The number of aryl methyl sites for hydroxylation is 1. The number of carbonyl (C=O) groups is 1. The number of hydrogen-bond donors (Lipinski definition) is 2. The molecule has 2 heterocycles. The summed E-state index contributed by atoms with van der Waals surface area (Å²) in [5.74, 6) is -0.139. The predicted molar refractivity (Wildman–Crippen MR) is 67.4 cm³/mol. The summed E-state index contributed by atoms with van der Waals surface area (Å²) in [6, 6.07) is 3.77. The molecule has 0 bridgehead atoms. The van der Waals surface area contributed by atoms with E-state index in [1.807, 2.05) is 13.0 Å². The number of hydrogen-bond acceptors (Lipinski definition) is 4. The van der Waals surface area contributed by atoms with E-state index >= 15 is 0 Å². The Hall–Kier alpha value is -1.62. The molecule has 0 aliphatic carbocycles. The van der Waals surface area contributed by atoms with Gasteiger partial charge in [-0.25, -0.2) is 4.98 Å². The van der Waals surface area contributed by atoms with E-state index in [-0.39, 0.29) is 5.91 Å². The van der Waals surface area contributed by atoms with Crippen LogP contribution in [0.3, 0.4) is 0 Å². The normalized spacial score (nSPS) is 15.8. The Labute approximate surface area is 101 Å². The molecule has 1 aliphatic rings. The second kappa shape index (κ2) is 5.14. The molecule has 0 spiro atoms. The molecule has 0 atom stereocenters. The number of nitrogens with one attached hydrogen (secondary N) is 2. The lowest BCUT2D eigenvalue weighted by Crippen LogP contribution is -2.43. The van der Waals surface area contributed by atoms with Crippen LogP contribution in [0.5, 0.6) is 0 Å². The third kappa shape index (κ3) is 2.55. The first-order valence-corrected chi connectivity index (χ1v) is 5.88. The van der Waals surface area contributed by atoms with Gasteiger partial charge >= 0.3 is 0 Å². The van der Waals surface area contributed by atoms with Gasteiger partial charge < -0.3 is 15.5 Å². The van der Waals surface area contributed by atoms with Crippen molar-refractivity contribution in [3.05, 3.63) is 23.5 Å². The highest BCUT2D eigenvalue weighted by molar-refractivity contribution is 5.92. The predicted octanol–water partition coefficient (Wildman–Crippen LogP) is 0.159. The molecule has 2 N–H and O–H groups in total. The summed E-state index contributed by atoms with van der Waals surface area (Å²) >= 11 is 0. The van der Waals surface area contributed by atoms with Crippen molar-refractivity contribution in [2.75, 3.05) is 38.1 Å². The van der Waals surface area contributed by atoms with Crippen molar-refractivity contribution in [3.63, 3.8) is 0 Å². The van der Waals surface area contributed by atoms with E-state index in [2.05, 4.69) is 20.5 Å². The van der Waals surface area contributed by atoms with E-state index in [9.17, 15) is 4.79 Å². The highest BCUT2D eigenvalue weighted by Gasteiger charge is 2.14. The van der Waals surface area contributed by atoms with E-state index in [1.165, 1.54) is 0 Å². The largest absolute Gasteiger partial charge is 0.368 e. The zero-order chi connectivity index (χ0) is 12.3. The molecule has 17 heavy (non-hydrogen) atoms. The lowest BCUT2D eigenvalue weighted by atomic mass is 10.2. The molecule has 1 aliphatic heterocycles. The summed E-state index contributed by atoms with van der Waals surface area (Å²) in [5, 5.41) is 5.90. The summed E-state index contributed by atoms with van der Waals surface area (Å²) in [5.41, 5.74) is 2.51. The molecule has 1 aromatic heterocycles. The molecule has 1 aromatic rings. The highest BCUT2D eigenvalue weighted by Crippen LogP contribution is 2.18. The van der Waals surface area contributed by atoms with Gasteiger partial charge in [0.2, 0.25) is 0 Å². The molecule has 0 unspecified atom stereocenters. The fourth-order valence-corrected chi connectivity index (χ4v) is 2.05. The lowest BCUT2D eigenvalue weighted by molar-refractivity contribution is 0.0958. The van der Waals surface area contributed by atoms with Gasteiger partial charge in [-0.05, 0) is 19.1 Å². The maximum absolute atomic E-state index is 11.5. The first-order chi connectivity index (χ1) is 8.22. The van der Waals surface area contributed by atoms with Crippen LogP contribution in [0.4, 0.5) is 5.69 Å². The summed E-state index contributed by atoms with van der Waals surface area (Å²) in [6.07, 6.45) is 0. The molecule has 92 valence electrons. The number of amides is 1. The Morgan fingerprint density at radius 3 is 2.71 bits per heavy atom. The third-order valence-electron chi connectivity index (χ3n) is 2.98. The van der Waals surface area contributed by atoms with Crippen LogP contribution in [0.25, 0.3) is 0 Å². The van der Waals surface area contributed by atoms with Crippen molar-refractivity contribution in [2.24, 2.45) is 0 Å². The molecule has 1 saturated heterocycles. The number of piperazine rings is 1. The van der Waals surface area contributed by atoms with E-state index in [4.69, 9.17) is 0 Å². The van der Waals surface area contributed by atoms with Gasteiger partial charge in [0.25, 0.3) is 5.91 Å². The fraction of sp³-hybridized carbons (Fsp3) is 0.500. The maximum atomic E-state index is 11.5. The Bertz CT molecular complexity index is 413. The van der Waals surface area contributed by atoms with Gasteiger partial charge in [-0.15, -0.1) is 0 Å². The minimum atomic E-state index is -0.139. The van der Waals surface area contributed by atoms with Crippen LogP contribution in [-0.4, -0.2) is 44.1 Å². The zero-order valence-corrected chi connectivity index (χ0v) is 10.3. The minimum absolute atomic E-state index is 0.139. The van der Waals surface area contributed by atoms with Gasteiger partial charge in [0.1, 0.15) is 5.69 Å². The van der Waals surface area contributed by atoms with Crippen molar-refractivity contribution >= 4 is 11.6 Å². The number of pyridine rings is 1. The number of aromatic nitrogens is 1. The zero-order valence-electron chi connectivity index (χ0n) is 10.3. The van der Waals surface area contributed by atoms with Crippen molar-refractivity contribution < 1.29 is 4.79 Å². The molecular weight excluding hydrogens is 216 g/mol. The van der Waals surface area contributed by atoms with Gasteiger partial charge in [-0.1, -0.05) is 0 Å². The van der Waals surface area contributed by atoms with Crippen LogP contribution in [0.1, 0.15) is 16.2 Å². The fourth-order valence-electron chi connectivity index (χ4n) is 2.05. The van der Waals surface area contributed by atoms with E-state index in [0.717, 1.165) is 37.6 Å². The smallest absolute Gasteiger partial charge is 0.269 e. The molecule has 5 nitrogen and oxygen atoms in total. The van der Waals surface area contributed by atoms with Crippen LogP contribution in [0.15, 0.2) is 12.1 Å². The molecule has 0 saturated carbocycles. The van der Waals surface area contributed by atoms with Gasteiger partial charge in [-0.3, -0.25) is 4.79 Å². The topological polar surface area (TPSA) is 57.3 Å². The second-order valence-corrected chi connectivity index (χ2v) is 4.12. The lowest BCUT2D eigenvalue weighted by Gasteiger charge is -2.30. The quantitative estimate of drug-likeness (QED) is 0.765. The van der Waals surface area contributed by atoms with Crippen LogP contribution in [0.2, 0.25) is 0 Å². The maximum Gasteiger partial charge on any atom is 0.269 e. The molecule has 2 rings (SSSR count).